The number of benzene rings is 1. The number of pyridine rings is 1. The smallest absolute Gasteiger partial charge is 0.225 e. The first-order chi connectivity index (χ1) is 12.1. The van der Waals surface area contributed by atoms with Crippen molar-refractivity contribution in [3.8, 4) is 0 Å². The quantitative estimate of drug-likeness (QED) is 0.747. The van der Waals surface area contributed by atoms with Crippen molar-refractivity contribution in [2.24, 2.45) is 0 Å². The van der Waals surface area contributed by atoms with Crippen LogP contribution in [0.5, 0.6) is 0 Å². The highest BCUT2D eigenvalue weighted by atomic mass is 19.1. The molecule has 0 saturated carbocycles. The molecule has 8 heteroatoms. The number of hydrogen-bond acceptors (Lipinski definition) is 4. The summed E-state index contributed by atoms with van der Waals surface area (Å²) >= 11 is 0. The molecule has 0 unspecified atom stereocenters. The summed E-state index contributed by atoms with van der Waals surface area (Å²) in [5, 5.41) is 10.2. The predicted octanol–water partition coefficient (Wildman–Crippen LogP) is 2.57. The molecule has 0 saturated heterocycles. The highest BCUT2D eigenvalue weighted by Crippen LogP contribution is 2.14. The Labute approximate surface area is 142 Å². The maximum absolute atomic E-state index is 13.6. The molecule has 0 fully saturated rings. The summed E-state index contributed by atoms with van der Waals surface area (Å²) in [5.41, 5.74) is 0.846. The number of carbonyl (C=O) groups is 1. The molecule has 0 spiro atoms. The minimum absolute atomic E-state index is 0.109. The molecule has 0 aliphatic heterocycles. The number of halogens is 2. The van der Waals surface area contributed by atoms with E-state index in [1.165, 1.54) is 29.1 Å². The summed E-state index contributed by atoms with van der Waals surface area (Å²) in [7, 11) is 0. The second-order valence-corrected chi connectivity index (χ2v) is 5.41. The maximum atomic E-state index is 13.6. The van der Waals surface area contributed by atoms with E-state index < -0.39 is 11.6 Å². The fraction of sp³-hybridized carbons (Fsp3) is 0.176. The van der Waals surface area contributed by atoms with Crippen LogP contribution in [-0.4, -0.2) is 25.9 Å². The Morgan fingerprint density at radius 1 is 1.16 bits per heavy atom. The van der Waals surface area contributed by atoms with Gasteiger partial charge >= 0.3 is 0 Å². The van der Waals surface area contributed by atoms with Gasteiger partial charge in [-0.3, -0.25) is 9.78 Å². The largest absolute Gasteiger partial charge is 0.308 e. The molecule has 6 nitrogen and oxygen atoms in total. The van der Waals surface area contributed by atoms with E-state index in [9.17, 15) is 13.6 Å². The summed E-state index contributed by atoms with van der Waals surface area (Å²) in [6, 6.07) is 7.34. The Morgan fingerprint density at radius 2 is 1.96 bits per heavy atom. The van der Waals surface area contributed by atoms with E-state index in [2.05, 4.69) is 20.6 Å². The highest BCUT2D eigenvalue weighted by molar-refractivity contribution is 5.89. The summed E-state index contributed by atoms with van der Waals surface area (Å²) < 4.78 is 28.5. The van der Waals surface area contributed by atoms with Gasteiger partial charge in [0, 0.05) is 24.4 Å². The topological polar surface area (TPSA) is 72.7 Å². The van der Waals surface area contributed by atoms with Crippen LogP contribution in [0.3, 0.4) is 0 Å². The van der Waals surface area contributed by atoms with Gasteiger partial charge in [-0.15, -0.1) is 5.10 Å². The molecule has 3 rings (SSSR count). The highest BCUT2D eigenvalue weighted by Gasteiger charge is 2.11. The lowest BCUT2D eigenvalue weighted by molar-refractivity contribution is -0.116. The molecule has 2 aromatic heterocycles. The Morgan fingerprint density at radius 3 is 2.68 bits per heavy atom. The van der Waals surface area contributed by atoms with Crippen LogP contribution in [0.1, 0.15) is 17.5 Å². The molecule has 0 aliphatic carbocycles. The average Bonchev–Trinajstić information content (AvgIpc) is 3.04. The minimum atomic E-state index is -0.655. The molecule has 1 N–H and O–H groups in total. The van der Waals surface area contributed by atoms with E-state index in [1.807, 2.05) is 6.07 Å². The van der Waals surface area contributed by atoms with Gasteiger partial charge in [0.25, 0.3) is 0 Å². The number of carbonyl (C=O) groups excluding carboxylic acids is 1. The Kier molecular flexibility index (Phi) is 5.08. The Bertz CT molecular complexity index is 846. The Hall–Kier alpha value is -3.16. The number of rotatable bonds is 6. The van der Waals surface area contributed by atoms with Crippen LogP contribution in [0, 0.1) is 11.6 Å². The number of aromatic nitrogens is 4. The second-order valence-electron chi connectivity index (χ2n) is 5.41. The molecule has 3 aromatic rings. The van der Waals surface area contributed by atoms with Gasteiger partial charge < -0.3 is 5.32 Å². The molecule has 0 atom stereocenters. The molecule has 128 valence electrons. The second kappa shape index (κ2) is 7.61. The molecule has 0 bridgehead atoms. The van der Waals surface area contributed by atoms with Gasteiger partial charge in [0.1, 0.15) is 11.6 Å². The lowest BCUT2D eigenvalue weighted by atomic mass is 10.1. The first-order valence-electron chi connectivity index (χ1n) is 7.63. The Balaban J connectivity index is 1.57. The average molecular weight is 343 g/mol. The van der Waals surface area contributed by atoms with Crippen molar-refractivity contribution in [2.45, 2.75) is 19.4 Å². The molecule has 2 heterocycles. The number of anilines is 1. The third-order valence-electron chi connectivity index (χ3n) is 3.55. The molecule has 1 aromatic carbocycles. The van der Waals surface area contributed by atoms with Gasteiger partial charge in [0.15, 0.2) is 5.82 Å². The van der Waals surface area contributed by atoms with Crippen LogP contribution < -0.4 is 5.32 Å². The summed E-state index contributed by atoms with van der Waals surface area (Å²) in [6.07, 6.45) is 5.61. The van der Waals surface area contributed by atoms with Gasteiger partial charge in [0.05, 0.1) is 12.7 Å². The molecule has 0 aliphatic rings. The van der Waals surface area contributed by atoms with E-state index >= 15 is 0 Å². The zero-order chi connectivity index (χ0) is 17.6. The number of nitrogens with one attached hydrogen (secondary N) is 1. The summed E-state index contributed by atoms with van der Waals surface area (Å²) in [6.45, 7) is -0.114. The van der Waals surface area contributed by atoms with Gasteiger partial charge in [-0.25, -0.2) is 13.5 Å². The van der Waals surface area contributed by atoms with E-state index in [0.717, 1.165) is 5.56 Å². The van der Waals surface area contributed by atoms with Gasteiger partial charge in [-0.2, -0.15) is 0 Å². The maximum Gasteiger partial charge on any atom is 0.225 e. The van der Waals surface area contributed by atoms with Crippen LogP contribution in [-0.2, 0) is 17.8 Å². The lowest BCUT2D eigenvalue weighted by Gasteiger charge is -2.04. The van der Waals surface area contributed by atoms with Crippen molar-refractivity contribution in [1.82, 2.24) is 20.0 Å². The van der Waals surface area contributed by atoms with Gasteiger partial charge in [0.2, 0.25) is 5.91 Å². The van der Waals surface area contributed by atoms with Crippen LogP contribution >= 0.6 is 0 Å². The van der Waals surface area contributed by atoms with Gasteiger partial charge in [-0.05, 0) is 30.2 Å². The van der Waals surface area contributed by atoms with Crippen LogP contribution in [0.15, 0.2) is 48.9 Å². The first kappa shape index (κ1) is 16.7. The van der Waals surface area contributed by atoms with Crippen LogP contribution in [0.4, 0.5) is 14.6 Å². The predicted molar refractivity (Wildman–Crippen MR) is 86.7 cm³/mol. The van der Waals surface area contributed by atoms with Crippen molar-refractivity contribution >= 4 is 11.7 Å². The van der Waals surface area contributed by atoms with Crippen LogP contribution in [0.2, 0.25) is 0 Å². The SMILES string of the molecule is O=C(CCc1cccnc1)Nc1cn(Cc2c(F)cccc2F)nn1. The number of hydrogen-bond donors (Lipinski definition) is 1. The minimum Gasteiger partial charge on any atom is -0.308 e. The van der Waals surface area contributed by atoms with Crippen molar-refractivity contribution in [3.63, 3.8) is 0 Å². The zero-order valence-electron chi connectivity index (χ0n) is 13.2. The summed E-state index contributed by atoms with van der Waals surface area (Å²) in [5.74, 6) is -1.31. The third kappa shape index (κ3) is 4.43. The monoisotopic (exact) mass is 343 g/mol. The normalized spacial score (nSPS) is 10.6. The van der Waals surface area contributed by atoms with E-state index in [0.29, 0.717) is 6.42 Å². The van der Waals surface area contributed by atoms with Crippen molar-refractivity contribution in [2.75, 3.05) is 5.32 Å². The van der Waals surface area contributed by atoms with Crippen molar-refractivity contribution < 1.29 is 13.6 Å². The first-order valence-corrected chi connectivity index (χ1v) is 7.63. The number of amides is 1. The van der Waals surface area contributed by atoms with E-state index in [-0.39, 0.29) is 30.3 Å². The lowest BCUT2D eigenvalue weighted by Crippen LogP contribution is -2.12. The molecular weight excluding hydrogens is 328 g/mol. The molecular formula is C17H15F2N5O. The molecule has 25 heavy (non-hydrogen) atoms. The van der Waals surface area contributed by atoms with Gasteiger partial charge in [-0.1, -0.05) is 17.3 Å². The summed E-state index contributed by atoms with van der Waals surface area (Å²) in [4.78, 5) is 15.9. The fourth-order valence-corrected chi connectivity index (χ4v) is 2.29. The molecule has 1 amide bonds. The zero-order valence-corrected chi connectivity index (χ0v) is 13.2. The third-order valence-corrected chi connectivity index (χ3v) is 3.55. The van der Waals surface area contributed by atoms with Crippen LogP contribution in [0.25, 0.3) is 0 Å². The fourth-order valence-electron chi connectivity index (χ4n) is 2.29. The van der Waals surface area contributed by atoms with E-state index in [4.69, 9.17) is 0 Å². The standard InChI is InChI=1S/C17H15F2N5O/c18-14-4-1-5-15(19)13(14)10-24-11-16(22-23-24)21-17(25)7-6-12-3-2-8-20-9-12/h1-5,8-9,11H,6-7,10H2,(H,21,25). The van der Waals surface area contributed by atoms with Crippen molar-refractivity contribution in [1.29, 1.82) is 0 Å². The number of aryl methyl sites for hydroxylation is 1. The number of nitrogens with zero attached hydrogens (tertiary/aromatic N) is 4. The molecule has 0 radical (unpaired) electrons. The van der Waals surface area contributed by atoms with E-state index in [1.54, 1.807) is 18.5 Å². The van der Waals surface area contributed by atoms with Crippen molar-refractivity contribution in [3.05, 3.63) is 71.7 Å².